The molecule has 16 rings (SSSR count). The lowest BCUT2D eigenvalue weighted by Crippen LogP contribution is -2.35. The highest BCUT2D eigenvalue weighted by Gasteiger charge is 2.33. The lowest BCUT2D eigenvalue weighted by atomic mass is 10.0. The van der Waals surface area contributed by atoms with E-state index in [1.54, 1.807) is 52.2 Å². The first-order valence-electron chi connectivity index (χ1n) is 43.7. The maximum absolute atomic E-state index is 10.5. The van der Waals surface area contributed by atoms with E-state index < -0.39 is 50.3 Å². The Balaban J connectivity index is 0.000000143. The molecular weight excluding hydrogens is 1360 g/mol. The van der Waals surface area contributed by atoms with Crippen LogP contribution in [-0.2, 0) is 6.54 Å². The minimum Gasteiger partial charge on any atom is -0.381 e. The van der Waals surface area contributed by atoms with E-state index in [0.29, 0.717) is 61.6 Å². The van der Waals surface area contributed by atoms with Gasteiger partial charge in [-0.1, -0.05) is 35.3 Å². The smallest absolute Gasteiger partial charge is 0.132 e. The number of hydrogen-bond acceptors (Lipinski definition) is 15. The highest BCUT2D eigenvalue weighted by molar-refractivity contribution is 6.32. The van der Waals surface area contributed by atoms with E-state index in [1.165, 1.54) is 12.8 Å². The minimum absolute atomic E-state index is 0.0243. The topological polar surface area (TPSA) is 277 Å². The van der Waals surface area contributed by atoms with Crippen LogP contribution in [0.5, 0.6) is 0 Å². The van der Waals surface area contributed by atoms with Gasteiger partial charge in [0.2, 0.25) is 0 Å². The molecule has 23 nitrogen and oxygen atoms in total. The van der Waals surface area contributed by atoms with Crippen molar-refractivity contribution in [3.05, 3.63) is 144 Å². The van der Waals surface area contributed by atoms with Crippen LogP contribution in [0.4, 0.5) is 0 Å². The van der Waals surface area contributed by atoms with Crippen molar-refractivity contribution in [2.45, 2.75) is 174 Å². The molecule has 15 heterocycles. The van der Waals surface area contributed by atoms with Crippen molar-refractivity contribution in [2.75, 3.05) is 53.4 Å². The summed E-state index contributed by atoms with van der Waals surface area (Å²) in [5, 5.41) is 70.4. The summed E-state index contributed by atoms with van der Waals surface area (Å²) in [4.78, 5) is 25.0. The molecule has 3 saturated heterocycles. The monoisotopic (exact) mass is 1470 g/mol. The molecule has 12 aromatic rings. The summed E-state index contributed by atoms with van der Waals surface area (Å²) in [7, 11) is 4.16. The molecular formula is C83H96ClN19O4. The molecule has 1 atom stereocenters. The van der Waals surface area contributed by atoms with Gasteiger partial charge in [0.15, 0.2) is 0 Å². The Morgan fingerprint density at radius 2 is 1.02 bits per heavy atom. The normalized spacial score (nSPS) is 18.8. The van der Waals surface area contributed by atoms with Crippen LogP contribution in [0, 0.1) is 61.2 Å². The van der Waals surface area contributed by atoms with E-state index in [9.17, 15) is 20.4 Å². The number of fused-ring (bicyclic) bond motifs is 4. The van der Waals surface area contributed by atoms with Crippen LogP contribution in [0.15, 0.2) is 105 Å². The molecule has 12 aromatic heterocycles. The maximum Gasteiger partial charge on any atom is 0.132 e. The Morgan fingerprint density at radius 1 is 0.542 bits per heavy atom. The van der Waals surface area contributed by atoms with Crippen LogP contribution in [0.2, 0.25) is 5.15 Å². The number of H-pyrrole nitrogens is 4. The molecule has 107 heavy (non-hydrogen) atoms. The molecule has 4 fully saturated rings. The number of halogens is 1. The number of aliphatic hydroxyl groups is 4. The third-order valence-electron chi connectivity index (χ3n) is 19.6. The summed E-state index contributed by atoms with van der Waals surface area (Å²) in [5.41, 5.74) is 4.61. The zero-order valence-corrected chi connectivity index (χ0v) is 61.6. The van der Waals surface area contributed by atoms with Crippen LogP contribution in [0.25, 0.3) is 88.1 Å². The van der Waals surface area contributed by atoms with E-state index in [2.05, 4.69) is 169 Å². The van der Waals surface area contributed by atoms with Gasteiger partial charge < -0.3 is 53.4 Å². The largest absolute Gasteiger partial charge is 0.381 e. The van der Waals surface area contributed by atoms with Crippen molar-refractivity contribution in [1.29, 1.82) is 0 Å². The number of aromatic amines is 4. The molecule has 0 aromatic carbocycles. The number of aliphatic hydroxyl groups excluding tert-OH is 1. The molecule has 1 unspecified atom stereocenters. The Hall–Kier alpha value is -10.2. The second kappa shape index (κ2) is 31.7. The molecule has 8 N–H and O–H groups in total. The first-order valence-corrected chi connectivity index (χ1v) is 36.1. The van der Waals surface area contributed by atoms with Gasteiger partial charge in [0.25, 0.3) is 0 Å². The number of likely N-dealkylation sites (tertiary alicyclic amines) is 3. The zero-order valence-electron chi connectivity index (χ0n) is 76.9. The first-order chi connectivity index (χ1) is 57.8. The van der Waals surface area contributed by atoms with Gasteiger partial charge in [-0.3, -0.25) is 20.4 Å². The van der Waals surface area contributed by atoms with Crippen molar-refractivity contribution < 1.29 is 42.4 Å². The van der Waals surface area contributed by atoms with Gasteiger partial charge in [-0.2, -0.15) is 20.4 Å². The summed E-state index contributed by atoms with van der Waals surface area (Å²) in [6.07, 6.45) is 25.0. The number of nitrogens with zero attached hydrogens (tertiary/aromatic N) is 15. The summed E-state index contributed by atoms with van der Waals surface area (Å²) in [5.74, 6) is 20.5. The molecule has 0 amide bonds. The van der Waals surface area contributed by atoms with Crippen LogP contribution in [0.3, 0.4) is 0 Å². The van der Waals surface area contributed by atoms with Crippen molar-refractivity contribution >= 4 is 55.2 Å². The Labute approximate surface area is 652 Å². The van der Waals surface area contributed by atoms with Gasteiger partial charge in [0, 0.05) is 170 Å². The van der Waals surface area contributed by atoms with Gasteiger partial charge >= 0.3 is 0 Å². The molecule has 24 heteroatoms. The zero-order chi connectivity index (χ0) is 89.0. The van der Waals surface area contributed by atoms with Gasteiger partial charge in [-0.05, 0) is 209 Å². The summed E-state index contributed by atoms with van der Waals surface area (Å²) in [6.45, 7) is 4.40. The predicted molar refractivity (Wildman–Crippen MR) is 422 cm³/mol. The highest BCUT2D eigenvalue weighted by Crippen LogP contribution is 2.42. The molecule has 4 aliphatic rings. The number of piperidine rings is 3. The predicted octanol–water partition coefficient (Wildman–Crippen LogP) is 12.4. The van der Waals surface area contributed by atoms with E-state index in [0.717, 1.165) is 151 Å². The second-order valence-corrected chi connectivity index (χ2v) is 28.7. The lowest BCUT2D eigenvalue weighted by Gasteiger charge is -2.33. The Kier molecular flexibility index (Phi) is 16.9. The number of rotatable bonds is 9. The van der Waals surface area contributed by atoms with Crippen molar-refractivity contribution in [2.24, 2.45) is 0 Å². The van der Waals surface area contributed by atoms with Gasteiger partial charge in [0.05, 0.1) is 76.1 Å². The maximum atomic E-state index is 10.5. The lowest BCUT2D eigenvalue weighted by molar-refractivity contribution is 0.143. The van der Waals surface area contributed by atoms with Crippen molar-refractivity contribution in [3.63, 3.8) is 0 Å². The number of aromatic nitrogens is 16. The Morgan fingerprint density at radius 3 is 1.51 bits per heavy atom. The third kappa shape index (κ3) is 18.0. The SMILES string of the molecule is CCn1cc(-c2cn[nH]c2)c2cc(C#CC(C)O)ncc21.[2H]C([2H])([2H])C(O)(C#Cc1cc2c(-c3cn[nH]c3Cl)cn(C3CCN(C)CC3)c2c(C)n1)C([2H])([2H])[2H].[2H]c1n[nH]c([2H])c1-c1cn(C2CCN(C)CC2)c2c(C)nc(C#CC(O)(C([2H])([2H])[2H])C([2H])([2H])[2H])cc12.[2H]c1n[nH]c([2H])c1-c1cn(C2CCN(C3CC3)CC2)c2cnc(C#CC(C)(C)O)cc12. The molecule has 1 saturated carbocycles. The third-order valence-corrected chi connectivity index (χ3v) is 19.9. The van der Waals surface area contributed by atoms with E-state index >= 15 is 0 Å². The highest BCUT2D eigenvalue weighted by atomic mass is 35.5. The number of pyridine rings is 4. The van der Waals surface area contributed by atoms with E-state index in [4.69, 9.17) is 33.5 Å². The number of hydrogen-bond donors (Lipinski definition) is 8. The summed E-state index contributed by atoms with van der Waals surface area (Å²) in [6, 6.07) is 8.66. The van der Waals surface area contributed by atoms with E-state index in [-0.39, 0.29) is 48.2 Å². The van der Waals surface area contributed by atoms with Crippen LogP contribution >= 0.6 is 11.6 Å². The van der Waals surface area contributed by atoms with Gasteiger partial charge in [-0.15, -0.1) is 0 Å². The quantitative estimate of drug-likeness (QED) is 0.0624. The molecule has 1 aliphatic carbocycles. The van der Waals surface area contributed by atoms with Crippen molar-refractivity contribution in [3.8, 4) is 91.9 Å². The fourth-order valence-corrected chi connectivity index (χ4v) is 14.4. The molecule has 3 aliphatic heterocycles. The average molecular weight is 1480 g/mol. The average Bonchev–Trinajstić information content (AvgIpc) is 1.62. The van der Waals surface area contributed by atoms with Crippen LogP contribution in [-0.4, -0.2) is 196 Å². The Bertz CT molecular complexity index is 6080. The number of nitrogens with one attached hydrogen (secondary N) is 4. The molecule has 0 radical (unpaired) electrons. The summed E-state index contributed by atoms with van der Waals surface area (Å²) >= 11 is 6.35. The van der Waals surface area contributed by atoms with Gasteiger partial charge in [-0.25, -0.2) is 19.9 Å². The molecule has 0 bridgehead atoms. The minimum atomic E-state index is -3.27. The number of aryl methyl sites for hydroxylation is 3. The molecule has 0 spiro atoms. The fourth-order valence-electron chi connectivity index (χ4n) is 14.2. The fraction of sp³-hybridized carbons (Fsp3) is 0.422. The van der Waals surface area contributed by atoms with E-state index in [1.807, 2.05) is 56.0 Å². The standard InChI is InChI=1S/C23H27N5O.C22H26ClN5O.C22H27N5O.C16H16N4O/c1-23(2,29)8-5-17-11-20-21(16-12-25-26-13-16)15-28(22(20)14-24-17)19-6-9-27(10-7-19)18-3-4-18;1-14-20-17(11-15(25-14)5-8-22(2,3)29)19(18-12-24-26-21(18)23)13-28(20)16-6-9-27(4)10-7-16;1-15-21-19(11-17(25-15)5-8-22(2,3)28)20(16-12-23-24-13-16)14-27(21)18-6-9-26(4)10-7-18;1-3-20-10-15(12-7-18-19-8-12)14-6-13(5-4-11(2)21)17-9-16(14)20/h11-15,18-19,29H,3-4,6-7,9-10H2,1-2H3,(H,25,26);11-13,16,29H,6-7,9-10H2,1-4H3,(H,24,26);11-14,18,28H,6-7,9-10H2,1-4H3,(H,23,24);6-11,21H,3H2,1-2H3,(H,18,19)/i12D,13D;2D3,3D3;2D3,3D3,12D,13D;. The van der Waals surface area contributed by atoms with Crippen LogP contribution < -0.4 is 0 Å². The van der Waals surface area contributed by atoms with Crippen LogP contribution in [0.1, 0.15) is 181 Å². The van der Waals surface area contributed by atoms with Crippen molar-refractivity contribution in [1.82, 2.24) is 93.7 Å². The first kappa shape index (κ1) is 57.1. The second-order valence-electron chi connectivity index (χ2n) is 28.3. The summed E-state index contributed by atoms with van der Waals surface area (Å²) < 4.78 is 132. The van der Waals surface area contributed by atoms with Gasteiger partial charge in [0.1, 0.15) is 50.8 Å². The molecule has 554 valence electrons.